The molecule has 3 heteroatoms. The van der Waals surface area contributed by atoms with Gasteiger partial charge >= 0.3 is 0 Å². The van der Waals surface area contributed by atoms with Crippen LogP contribution >= 0.6 is 0 Å². The van der Waals surface area contributed by atoms with Gasteiger partial charge in [0.1, 0.15) is 12.4 Å². The maximum absolute atomic E-state index is 5.96. The molecular weight excluding hydrogens is 248 g/mol. The molecule has 0 unspecified atom stereocenters. The molecule has 0 aliphatic rings. The first-order valence-electron chi connectivity index (χ1n) is 6.83. The summed E-state index contributed by atoms with van der Waals surface area (Å²) in [5.74, 6) is 0.928. The summed E-state index contributed by atoms with van der Waals surface area (Å²) in [6.45, 7) is 5.59. The third kappa shape index (κ3) is 3.67. The van der Waals surface area contributed by atoms with Gasteiger partial charge < -0.3 is 15.4 Å². The van der Waals surface area contributed by atoms with Crippen LogP contribution in [0.5, 0.6) is 5.75 Å². The lowest BCUT2D eigenvalue weighted by Crippen LogP contribution is -2.24. The zero-order valence-corrected chi connectivity index (χ0v) is 12.4. The monoisotopic (exact) mass is 270 g/mol. The Labute approximate surface area is 121 Å². The number of para-hydroxylation sites is 2. The quantitative estimate of drug-likeness (QED) is 0.846. The number of benzene rings is 2. The number of likely N-dealkylation sites (N-methyl/N-ethyl adjacent to an activating group) is 1. The van der Waals surface area contributed by atoms with Crippen LogP contribution < -0.4 is 15.4 Å². The maximum Gasteiger partial charge on any atom is 0.119 e. The first-order chi connectivity index (χ1) is 9.56. The summed E-state index contributed by atoms with van der Waals surface area (Å²) < 4.78 is 5.82. The fourth-order valence-corrected chi connectivity index (χ4v) is 2.27. The van der Waals surface area contributed by atoms with Crippen molar-refractivity contribution in [1.82, 2.24) is 0 Å². The van der Waals surface area contributed by atoms with E-state index < -0.39 is 0 Å². The lowest BCUT2D eigenvalue weighted by molar-refractivity contribution is 0.325. The minimum atomic E-state index is 0.633. The fourth-order valence-electron chi connectivity index (χ4n) is 2.27. The number of anilines is 2. The predicted molar refractivity (Wildman–Crippen MR) is 85.5 cm³/mol. The number of hydrogen-bond acceptors (Lipinski definition) is 3. The normalized spacial score (nSPS) is 10.3. The minimum absolute atomic E-state index is 0.633. The number of hydrogen-bond donors (Lipinski definition) is 1. The van der Waals surface area contributed by atoms with Gasteiger partial charge in [-0.25, -0.2) is 0 Å². The minimum Gasteiger partial charge on any atom is -0.492 e. The van der Waals surface area contributed by atoms with Gasteiger partial charge in [0, 0.05) is 7.05 Å². The van der Waals surface area contributed by atoms with E-state index in [2.05, 4.69) is 36.9 Å². The molecule has 2 aromatic carbocycles. The molecular formula is C17H22N2O. The van der Waals surface area contributed by atoms with Gasteiger partial charge in [0.2, 0.25) is 0 Å². The molecule has 3 nitrogen and oxygen atoms in total. The van der Waals surface area contributed by atoms with Crippen LogP contribution in [0, 0.1) is 13.8 Å². The van der Waals surface area contributed by atoms with E-state index in [1.54, 1.807) is 0 Å². The Hall–Kier alpha value is -2.16. The Balaban J connectivity index is 1.91. The average Bonchev–Trinajstić information content (AvgIpc) is 2.38. The summed E-state index contributed by atoms with van der Waals surface area (Å²) in [6, 6.07) is 14.1. The van der Waals surface area contributed by atoms with Crippen molar-refractivity contribution in [3.63, 3.8) is 0 Å². The smallest absolute Gasteiger partial charge is 0.119 e. The Morgan fingerprint density at radius 3 is 2.35 bits per heavy atom. The van der Waals surface area contributed by atoms with Crippen molar-refractivity contribution in [3.8, 4) is 5.75 Å². The largest absolute Gasteiger partial charge is 0.492 e. The van der Waals surface area contributed by atoms with Crippen molar-refractivity contribution in [2.45, 2.75) is 13.8 Å². The van der Waals surface area contributed by atoms with Crippen LogP contribution in [0.1, 0.15) is 11.1 Å². The average molecular weight is 270 g/mol. The molecule has 0 spiro atoms. The van der Waals surface area contributed by atoms with Crippen molar-refractivity contribution in [2.24, 2.45) is 0 Å². The number of nitrogens with two attached hydrogens (primary N) is 1. The summed E-state index contributed by atoms with van der Waals surface area (Å²) in [5, 5.41) is 0. The first kappa shape index (κ1) is 14.3. The molecule has 2 aromatic rings. The number of aryl methyl sites for hydroxylation is 2. The molecule has 0 aliphatic carbocycles. The fraction of sp³-hybridized carbons (Fsp3) is 0.294. The molecule has 106 valence electrons. The maximum atomic E-state index is 5.96. The topological polar surface area (TPSA) is 38.5 Å². The van der Waals surface area contributed by atoms with Gasteiger partial charge in [0.15, 0.2) is 0 Å². The third-order valence-electron chi connectivity index (χ3n) is 3.24. The van der Waals surface area contributed by atoms with Crippen LogP contribution in [-0.4, -0.2) is 20.2 Å². The van der Waals surface area contributed by atoms with Gasteiger partial charge in [-0.15, -0.1) is 0 Å². The Morgan fingerprint density at radius 1 is 1.05 bits per heavy atom. The zero-order chi connectivity index (χ0) is 14.5. The van der Waals surface area contributed by atoms with E-state index in [9.17, 15) is 0 Å². The van der Waals surface area contributed by atoms with Crippen LogP contribution in [0.25, 0.3) is 0 Å². The Morgan fingerprint density at radius 2 is 1.70 bits per heavy atom. The van der Waals surface area contributed by atoms with E-state index in [4.69, 9.17) is 10.5 Å². The molecule has 0 aromatic heterocycles. The van der Waals surface area contributed by atoms with Crippen molar-refractivity contribution in [3.05, 3.63) is 53.6 Å². The van der Waals surface area contributed by atoms with E-state index in [1.807, 2.05) is 31.3 Å². The number of ether oxygens (including phenoxy) is 1. The van der Waals surface area contributed by atoms with Crippen molar-refractivity contribution >= 4 is 11.4 Å². The summed E-state index contributed by atoms with van der Waals surface area (Å²) in [6.07, 6.45) is 0. The van der Waals surface area contributed by atoms with Gasteiger partial charge in [0.05, 0.1) is 17.9 Å². The lowest BCUT2D eigenvalue weighted by Gasteiger charge is -2.21. The molecule has 0 radical (unpaired) electrons. The van der Waals surface area contributed by atoms with E-state index in [0.29, 0.717) is 6.61 Å². The van der Waals surface area contributed by atoms with Gasteiger partial charge in [-0.1, -0.05) is 18.2 Å². The molecule has 0 fully saturated rings. The summed E-state index contributed by atoms with van der Waals surface area (Å²) >= 11 is 0. The van der Waals surface area contributed by atoms with Gasteiger partial charge in [0.25, 0.3) is 0 Å². The highest BCUT2D eigenvalue weighted by molar-refractivity contribution is 5.66. The standard InChI is InChI=1S/C17H22N2O/c1-13-10-14(2)12-15(11-13)20-9-8-19(3)17-7-5-4-6-16(17)18/h4-7,10-12H,8-9,18H2,1-3H3. The van der Waals surface area contributed by atoms with Crippen LogP contribution in [0.4, 0.5) is 11.4 Å². The molecule has 0 heterocycles. The van der Waals surface area contributed by atoms with Crippen molar-refractivity contribution < 1.29 is 4.74 Å². The second-order valence-electron chi connectivity index (χ2n) is 5.15. The van der Waals surface area contributed by atoms with E-state index in [1.165, 1.54) is 11.1 Å². The molecule has 0 bridgehead atoms. The molecule has 20 heavy (non-hydrogen) atoms. The highest BCUT2D eigenvalue weighted by Crippen LogP contribution is 2.21. The molecule has 2 N–H and O–H groups in total. The number of nitrogens with zero attached hydrogens (tertiary/aromatic N) is 1. The lowest BCUT2D eigenvalue weighted by atomic mass is 10.1. The Bertz CT molecular complexity index is 561. The van der Waals surface area contributed by atoms with E-state index >= 15 is 0 Å². The van der Waals surface area contributed by atoms with Crippen LogP contribution in [0.2, 0.25) is 0 Å². The number of nitrogen functional groups attached to an aromatic ring is 1. The van der Waals surface area contributed by atoms with Gasteiger partial charge in [-0.2, -0.15) is 0 Å². The van der Waals surface area contributed by atoms with Crippen LogP contribution in [0.15, 0.2) is 42.5 Å². The molecule has 0 amide bonds. The van der Waals surface area contributed by atoms with Gasteiger partial charge in [-0.05, 0) is 49.2 Å². The molecule has 2 rings (SSSR count). The van der Waals surface area contributed by atoms with E-state index in [0.717, 1.165) is 23.7 Å². The molecule has 0 saturated carbocycles. The summed E-state index contributed by atoms with van der Waals surface area (Å²) in [7, 11) is 2.02. The number of rotatable bonds is 5. The third-order valence-corrected chi connectivity index (χ3v) is 3.24. The SMILES string of the molecule is Cc1cc(C)cc(OCCN(C)c2ccccc2N)c1. The van der Waals surface area contributed by atoms with E-state index in [-0.39, 0.29) is 0 Å². The second-order valence-corrected chi connectivity index (χ2v) is 5.15. The van der Waals surface area contributed by atoms with Crippen LogP contribution in [0.3, 0.4) is 0 Å². The van der Waals surface area contributed by atoms with Crippen molar-refractivity contribution in [1.29, 1.82) is 0 Å². The van der Waals surface area contributed by atoms with Gasteiger partial charge in [-0.3, -0.25) is 0 Å². The highest BCUT2D eigenvalue weighted by Gasteiger charge is 2.04. The molecule has 0 aliphatic heterocycles. The second kappa shape index (κ2) is 6.33. The summed E-state index contributed by atoms with van der Waals surface area (Å²) in [4.78, 5) is 2.11. The predicted octanol–water partition coefficient (Wildman–Crippen LogP) is 3.40. The Kier molecular flexibility index (Phi) is 4.51. The summed E-state index contributed by atoms with van der Waals surface area (Å²) in [5.41, 5.74) is 10.2. The zero-order valence-electron chi connectivity index (χ0n) is 12.4. The highest BCUT2D eigenvalue weighted by atomic mass is 16.5. The van der Waals surface area contributed by atoms with Crippen LogP contribution in [-0.2, 0) is 0 Å². The molecule has 0 atom stereocenters. The van der Waals surface area contributed by atoms with Crippen molar-refractivity contribution in [2.75, 3.05) is 30.8 Å². The molecule has 0 saturated heterocycles. The first-order valence-corrected chi connectivity index (χ1v) is 6.83.